The van der Waals surface area contributed by atoms with Crippen LogP contribution in [0.3, 0.4) is 0 Å². The molecule has 2 nitrogen and oxygen atoms in total. The molecule has 29 heavy (non-hydrogen) atoms. The number of ether oxygens (including phenoxy) is 1. The number of aromatic hydroxyl groups is 1. The molecule has 0 saturated carbocycles. The molecule has 3 rings (SSSR count). The molecular formula is C25H26F2O2. The van der Waals surface area contributed by atoms with Crippen molar-refractivity contribution in [3.8, 4) is 33.8 Å². The van der Waals surface area contributed by atoms with Crippen molar-refractivity contribution in [2.75, 3.05) is 0 Å². The molecule has 0 heterocycles. The third-order valence-corrected chi connectivity index (χ3v) is 5.06. The van der Waals surface area contributed by atoms with Gasteiger partial charge in [-0.3, -0.25) is 0 Å². The lowest BCUT2D eigenvalue weighted by molar-refractivity contribution is -0.0494. The van der Waals surface area contributed by atoms with Crippen LogP contribution in [0.25, 0.3) is 22.3 Å². The van der Waals surface area contributed by atoms with E-state index < -0.39 is 6.61 Å². The van der Waals surface area contributed by atoms with Crippen LogP contribution in [0.2, 0.25) is 0 Å². The van der Waals surface area contributed by atoms with Gasteiger partial charge in [-0.25, -0.2) is 0 Å². The van der Waals surface area contributed by atoms with Gasteiger partial charge in [0.05, 0.1) is 0 Å². The fourth-order valence-electron chi connectivity index (χ4n) is 3.58. The number of phenolic OH excluding ortho intramolecular Hbond substituents is 1. The molecule has 0 aliphatic carbocycles. The van der Waals surface area contributed by atoms with Crippen molar-refractivity contribution in [3.63, 3.8) is 0 Å². The minimum Gasteiger partial charge on any atom is -0.507 e. The third kappa shape index (κ3) is 4.42. The highest BCUT2D eigenvalue weighted by Gasteiger charge is 2.23. The maximum absolute atomic E-state index is 13.1. The Bertz CT molecular complexity index is 980. The van der Waals surface area contributed by atoms with E-state index in [0.717, 1.165) is 22.3 Å². The topological polar surface area (TPSA) is 29.5 Å². The summed E-state index contributed by atoms with van der Waals surface area (Å²) in [5.41, 5.74) is 4.74. The van der Waals surface area contributed by atoms with Crippen LogP contribution in [-0.2, 0) is 0 Å². The van der Waals surface area contributed by atoms with Crippen molar-refractivity contribution < 1.29 is 18.6 Å². The molecule has 152 valence electrons. The van der Waals surface area contributed by atoms with Gasteiger partial charge in [-0.2, -0.15) is 8.78 Å². The summed E-state index contributed by atoms with van der Waals surface area (Å²) in [7, 11) is 0. The van der Waals surface area contributed by atoms with Crippen LogP contribution in [0.5, 0.6) is 11.5 Å². The lowest BCUT2D eigenvalue weighted by Crippen LogP contribution is -2.05. The van der Waals surface area contributed by atoms with E-state index in [9.17, 15) is 13.9 Å². The molecule has 0 radical (unpaired) electrons. The molecule has 0 amide bonds. The second-order valence-corrected chi connectivity index (χ2v) is 7.73. The van der Waals surface area contributed by atoms with Crippen molar-refractivity contribution in [2.45, 2.75) is 46.1 Å². The molecule has 1 N–H and O–H groups in total. The first-order valence-electron chi connectivity index (χ1n) is 9.80. The van der Waals surface area contributed by atoms with E-state index in [1.807, 2.05) is 56.3 Å². The first-order chi connectivity index (χ1) is 13.8. The molecule has 0 aromatic heterocycles. The van der Waals surface area contributed by atoms with E-state index in [-0.39, 0.29) is 23.3 Å². The minimum absolute atomic E-state index is 0.0354. The second-order valence-electron chi connectivity index (χ2n) is 7.73. The number of rotatable bonds is 6. The summed E-state index contributed by atoms with van der Waals surface area (Å²) in [5.74, 6) is 0.466. The van der Waals surface area contributed by atoms with E-state index in [1.165, 1.54) is 0 Å². The summed E-state index contributed by atoms with van der Waals surface area (Å²) in [5, 5.41) is 10.9. The Morgan fingerprint density at radius 1 is 0.793 bits per heavy atom. The van der Waals surface area contributed by atoms with Crippen LogP contribution in [0.1, 0.15) is 50.7 Å². The molecule has 0 aliphatic rings. The van der Waals surface area contributed by atoms with Crippen molar-refractivity contribution in [3.05, 3.63) is 71.8 Å². The highest BCUT2D eigenvalue weighted by atomic mass is 19.3. The number of hydrogen-bond donors (Lipinski definition) is 1. The van der Waals surface area contributed by atoms with Gasteiger partial charge in [-0.1, -0.05) is 70.2 Å². The number of halogens is 2. The Labute approximate surface area is 170 Å². The normalized spacial score (nSPS) is 11.5. The highest BCUT2D eigenvalue weighted by Crippen LogP contribution is 2.47. The monoisotopic (exact) mass is 396 g/mol. The van der Waals surface area contributed by atoms with Gasteiger partial charge in [0.25, 0.3) is 0 Å². The van der Waals surface area contributed by atoms with Crippen LogP contribution in [-0.4, -0.2) is 11.7 Å². The Morgan fingerprint density at radius 2 is 1.48 bits per heavy atom. The lowest BCUT2D eigenvalue weighted by atomic mass is 9.84. The highest BCUT2D eigenvalue weighted by molar-refractivity contribution is 5.92. The predicted octanol–water partition coefficient (Wildman–Crippen LogP) is 7.57. The molecule has 0 aliphatic heterocycles. The Kier molecular flexibility index (Phi) is 6.21. The van der Waals surface area contributed by atoms with Crippen LogP contribution in [0, 0.1) is 0 Å². The molecule has 4 heteroatoms. The van der Waals surface area contributed by atoms with Crippen molar-refractivity contribution in [1.82, 2.24) is 0 Å². The fraction of sp³-hybridized carbons (Fsp3) is 0.280. The van der Waals surface area contributed by atoms with Gasteiger partial charge >= 0.3 is 6.61 Å². The minimum atomic E-state index is -2.95. The van der Waals surface area contributed by atoms with Gasteiger partial charge in [0, 0.05) is 11.1 Å². The lowest BCUT2D eigenvalue weighted by Gasteiger charge is -2.22. The summed E-state index contributed by atoms with van der Waals surface area (Å²) in [6, 6.07) is 18.4. The quantitative estimate of drug-likeness (QED) is 0.465. The second kappa shape index (κ2) is 8.64. The molecule has 0 atom stereocenters. The molecule has 0 spiro atoms. The maximum atomic E-state index is 13.1. The van der Waals surface area contributed by atoms with Gasteiger partial charge in [0.2, 0.25) is 0 Å². The fourth-order valence-corrected chi connectivity index (χ4v) is 3.58. The van der Waals surface area contributed by atoms with Crippen LogP contribution in [0.4, 0.5) is 8.78 Å². The van der Waals surface area contributed by atoms with Crippen molar-refractivity contribution >= 4 is 0 Å². The number of hydrogen-bond acceptors (Lipinski definition) is 2. The van der Waals surface area contributed by atoms with Gasteiger partial charge in [-0.05, 0) is 52.3 Å². The summed E-state index contributed by atoms with van der Waals surface area (Å²) in [6.45, 7) is 5.27. The van der Waals surface area contributed by atoms with Crippen LogP contribution >= 0.6 is 0 Å². The average Bonchev–Trinajstić information content (AvgIpc) is 2.68. The Hall–Kier alpha value is -2.88. The molecule has 0 unspecified atom stereocenters. The summed E-state index contributed by atoms with van der Waals surface area (Å²) in [6.07, 6.45) is 0. The SMILES string of the molecule is CC(C)c1ccc(OC(F)F)c(-c2c(O)ccc(C(C)C)c2-c2ccccc2)c1. The smallest absolute Gasteiger partial charge is 0.387 e. The van der Waals surface area contributed by atoms with Crippen LogP contribution < -0.4 is 4.74 Å². The predicted molar refractivity (Wildman–Crippen MR) is 114 cm³/mol. The standard InChI is InChI=1S/C25H26F2O2/c1-15(2)18-10-13-22(29-25(26)27)20(14-18)24-21(28)12-11-19(16(3)4)23(24)17-8-6-5-7-9-17/h5-16,25,28H,1-4H3. The average molecular weight is 396 g/mol. The Balaban J connectivity index is 2.39. The maximum Gasteiger partial charge on any atom is 0.387 e. The first kappa shape index (κ1) is 20.8. The van der Waals surface area contributed by atoms with Gasteiger partial charge in [0.1, 0.15) is 11.5 Å². The van der Waals surface area contributed by atoms with E-state index in [1.54, 1.807) is 18.2 Å². The molecule has 0 bridgehead atoms. The zero-order valence-electron chi connectivity index (χ0n) is 17.1. The molecule has 0 saturated heterocycles. The summed E-state index contributed by atoms with van der Waals surface area (Å²) < 4.78 is 31.1. The third-order valence-electron chi connectivity index (χ3n) is 5.06. The number of benzene rings is 3. The van der Waals surface area contributed by atoms with E-state index in [2.05, 4.69) is 13.8 Å². The molecule has 0 fully saturated rings. The zero-order chi connectivity index (χ0) is 21.1. The van der Waals surface area contributed by atoms with Gasteiger partial charge < -0.3 is 9.84 Å². The zero-order valence-corrected chi connectivity index (χ0v) is 17.1. The number of phenols is 1. The summed E-state index contributed by atoms with van der Waals surface area (Å²) in [4.78, 5) is 0. The first-order valence-corrected chi connectivity index (χ1v) is 9.80. The van der Waals surface area contributed by atoms with Gasteiger partial charge in [-0.15, -0.1) is 0 Å². The van der Waals surface area contributed by atoms with E-state index >= 15 is 0 Å². The molecule has 3 aromatic carbocycles. The molecule has 3 aromatic rings. The Morgan fingerprint density at radius 3 is 2.07 bits per heavy atom. The summed E-state index contributed by atoms with van der Waals surface area (Å²) >= 11 is 0. The van der Waals surface area contributed by atoms with Crippen molar-refractivity contribution in [1.29, 1.82) is 0 Å². The number of alkyl halides is 2. The molecular weight excluding hydrogens is 370 g/mol. The van der Waals surface area contributed by atoms with Crippen LogP contribution in [0.15, 0.2) is 60.7 Å². The van der Waals surface area contributed by atoms with E-state index in [4.69, 9.17) is 4.74 Å². The van der Waals surface area contributed by atoms with Crippen molar-refractivity contribution in [2.24, 2.45) is 0 Å². The van der Waals surface area contributed by atoms with Gasteiger partial charge in [0.15, 0.2) is 0 Å². The largest absolute Gasteiger partial charge is 0.507 e. The van der Waals surface area contributed by atoms with E-state index in [0.29, 0.717) is 11.1 Å².